The van der Waals surface area contributed by atoms with Gasteiger partial charge in [-0.2, -0.15) is 0 Å². The number of aromatic amines is 1. The average molecular weight is 408 g/mol. The number of rotatable bonds is 7. The summed E-state index contributed by atoms with van der Waals surface area (Å²) in [6.45, 7) is 3.30. The van der Waals surface area contributed by atoms with Gasteiger partial charge in [-0.05, 0) is 43.3 Å². The molecule has 2 heterocycles. The molecule has 1 aliphatic heterocycles. The average Bonchev–Trinajstić information content (AvgIpc) is 3.25. The Bertz CT molecular complexity index is 994. The number of hydrogen-bond acceptors (Lipinski definition) is 4. The van der Waals surface area contributed by atoms with Gasteiger partial charge in [-0.25, -0.2) is 0 Å². The Kier molecular flexibility index (Phi) is 6.35. The van der Waals surface area contributed by atoms with Crippen molar-refractivity contribution in [3.05, 3.63) is 65.4 Å². The predicted octanol–water partition coefficient (Wildman–Crippen LogP) is 3.39. The minimum Gasteiger partial charge on any atom is -0.496 e. The van der Waals surface area contributed by atoms with Gasteiger partial charge in [-0.15, -0.1) is 0 Å². The zero-order chi connectivity index (χ0) is 20.9. The summed E-state index contributed by atoms with van der Waals surface area (Å²) in [4.78, 5) is 18.5. The first-order valence-electron chi connectivity index (χ1n) is 10.5. The van der Waals surface area contributed by atoms with Crippen molar-refractivity contribution in [3.8, 4) is 5.75 Å². The van der Waals surface area contributed by atoms with Crippen molar-refractivity contribution < 1.29 is 14.3 Å². The van der Waals surface area contributed by atoms with Gasteiger partial charge in [0.15, 0.2) is 0 Å². The van der Waals surface area contributed by atoms with Crippen LogP contribution in [0.5, 0.6) is 5.75 Å². The van der Waals surface area contributed by atoms with Crippen molar-refractivity contribution >= 4 is 16.8 Å². The molecule has 1 amide bonds. The Morgan fingerprint density at radius 2 is 1.97 bits per heavy atom. The molecule has 2 aromatic carbocycles. The van der Waals surface area contributed by atoms with Gasteiger partial charge in [0.1, 0.15) is 5.75 Å². The van der Waals surface area contributed by atoms with E-state index in [2.05, 4.69) is 34.6 Å². The highest BCUT2D eigenvalue weighted by atomic mass is 16.5. The molecule has 0 spiro atoms. The van der Waals surface area contributed by atoms with Crippen LogP contribution in [0.1, 0.15) is 33.8 Å². The van der Waals surface area contributed by atoms with Crippen molar-refractivity contribution in [2.75, 3.05) is 47.0 Å². The maximum atomic E-state index is 13.2. The summed E-state index contributed by atoms with van der Waals surface area (Å²) in [6.07, 6.45) is 2.98. The van der Waals surface area contributed by atoms with Crippen LogP contribution in [-0.2, 0) is 4.74 Å². The lowest BCUT2D eigenvalue weighted by Crippen LogP contribution is -2.40. The van der Waals surface area contributed by atoms with Crippen LogP contribution in [0.3, 0.4) is 0 Å². The smallest absolute Gasteiger partial charge is 0.256 e. The second-order valence-electron chi connectivity index (χ2n) is 7.57. The third kappa shape index (κ3) is 3.93. The number of nitrogens with zero attached hydrogens (tertiary/aromatic N) is 1. The molecule has 1 aromatic heterocycles. The van der Waals surface area contributed by atoms with Gasteiger partial charge in [-0.1, -0.05) is 30.3 Å². The second-order valence-corrected chi connectivity index (χ2v) is 7.57. The Balaban J connectivity index is 1.81. The van der Waals surface area contributed by atoms with Crippen molar-refractivity contribution in [1.82, 2.24) is 15.2 Å². The molecule has 0 radical (unpaired) electrons. The van der Waals surface area contributed by atoms with Crippen LogP contribution in [0.25, 0.3) is 10.9 Å². The molecule has 158 valence electrons. The number of hydrogen-bond donors (Lipinski definition) is 2. The van der Waals surface area contributed by atoms with E-state index in [-0.39, 0.29) is 11.8 Å². The minimum absolute atomic E-state index is 0.0332. The van der Waals surface area contributed by atoms with Crippen molar-refractivity contribution in [3.63, 3.8) is 0 Å². The van der Waals surface area contributed by atoms with E-state index >= 15 is 0 Å². The number of fused-ring (bicyclic) bond motifs is 1. The van der Waals surface area contributed by atoms with E-state index < -0.39 is 0 Å². The number of carbonyl (C=O) groups is 1. The summed E-state index contributed by atoms with van der Waals surface area (Å²) in [7, 11) is 3.65. The maximum Gasteiger partial charge on any atom is 0.256 e. The minimum atomic E-state index is 0.0332. The molecular formula is C24H29N3O3. The molecule has 2 N–H and O–H groups in total. The first-order valence-corrected chi connectivity index (χ1v) is 10.5. The fourth-order valence-corrected chi connectivity index (χ4v) is 4.28. The van der Waals surface area contributed by atoms with E-state index in [4.69, 9.17) is 9.47 Å². The molecular weight excluding hydrogens is 378 g/mol. The molecule has 0 aliphatic carbocycles. The molecule has 1 fully saturated rings. The van der Waals surface area contributed by atoms with Crippen molar-refractivity contribution in [1.29, 1.82) is 0 Å². The number of morpholine rings is 1. The predicted molar refractivity (Wildman–Crippen MR) is 118 cm³/mol. The summed E-state index contributed by atoms with van der Waals surface area (Å²) >= 11 is 0. The van der Waals surface area contributed by atoms with Crippen molar-refractivity contribution in [2.24, 2.45) is 0 Å². The van der Waals surface area contributed by atoms with E-state index in [0.29, 0.717) is 31.9 Å². The van der Waals surface area contributed by atoms with Crippen LogP contribution in [0.2, 0.25) is 0 Å². The summed E-state index contributed by atoms with van der Waals surface area (Å²) < 4.78 is 11.1. The molecule has 3 aromatic rings. The summed E-state index contributed by atoms with van der Waals surface area (Å²) in [5, 5.41) is 4.25. The topological polar surface area (TPSA) is 66.6 Å². The number of ether oxygens (including phenoxy) is 2. The quantitative estimate of drug-likeness (QED) is 0.630. The monoisotopic (exact) mass is 407 g/mol. The fraction of sp³-hybridized carbons (Fsp3) is 0.375. The molecule has 6 heteroatoms. The Labute approximate surface area is 177 Å². The van der Waals surface area contributed by atoms with Gasteiger partial charge in [0.05, 0.1) is 31.4 Å². The summed E-state index contributed by atoms with van der Waals surface area (Å²) in [5.41, 5.74) is 3.92. The number of methoxy groups -OCH3 is 1. The molecule has 4 rings (SSSR count). The summed E-state index contributed by atoms with van der Waals surface area (Å²) in [6, 6.07) is 14.3. The highest BCUT2D eigenvalue weighted by Crippen LogP contribution is 2.39. The first-order chi connectivity index (χ1) is 14.7. The van der Waals surface area contributed by atoms with E-state index in [9.17, 15) is 4.79 Å². The number of H-pyrrole nitrogens is 1. The SMILES string of the molecule is CNCCC(c1ccccc1)c1c[nH]c2c(C(=O)N3CCOCC3)ccc(OC)c12. The van der Waals surface area contributed by atoms with E-state index in [1.54, 1.807) is 7.11 Å². The van der Waals surface area contributed by atoms with Gasteiger partial charge in [0, 0.05) is 30.6 Å². The molecule has 6 nitrogen and oxygen atoms in total. The van der Waals surface area contributed by atoms with Crippen molar-refractivity contribution in [2.45, 2.75) is 12.3 Å². The lowest BCUT2D eigenvalue weighted by Gasteiger charge is -2.27. The molecule has 30 heavy (non-hydrogen) atoms. The van der Waals surface area contributed by atoms with Gasteiger partial charge in [0.2, 0.25) is 0 Å². The molecule has 0 saturated carbocycles. The van der Waals surface area contributed by atoms with Crippen LogP contribution in [0.4, 0.5) is 0 Å². The third-order valence-corrected chi connectivity index (χ3v) is 5.84. The number of nitrogens with one attached hydrogen (secondary N) is 2. The van der Waals surface area contributed by atoms with Gasteiger partial charge >= 0.3 is 0 Å². The largest absolute Gasteiger partial charge is 0.496 e. The van der Waals surface area contributed by atoms with Crippen LogP contribution in [-0.4, -0.2) is 62.8 Å². The molecule has 1 aliphatic rings. The zero-order valence-corrected chi connectivity index (χ0v) is 17.6. The van der Waals surface area contributed by atoms with E-state index in [1.807, 2.05) is 36.3 Å². The molecule has 1 atom stereocenters. The number of benzene rings is 2. The normalized spacial score (nSPS) is 15.3. The lowest BCUT2D eigenvalue weighted by atomic mass is 9.87. The van der Waals surface area contributed by atoms with E-state index in [0.717, 1.165) is 35.2 Å². The standard InChI is InChI=1S/C24H29N3O3/c1-25-11-10-18(17-6-4-3-5-7-17)20-16-26-23-19(8-9-21(29-2)22(20)23)24(28)27-12-14-30-15-13-27/h3-9,16,18,25-26H,10-15H2,1-2H3. The Hall–Kier alpha value is -2.83. The molecule has 0 bridgehead atoms. The van der Waals surface area contributed by atoms with Crippen LogP contribution in [0.15, 0.2) is 48.7 Å². The number of aromatic nitrogens is 1. The zero-order valence-electron chi connectivity index (χ0n) is 17.6. The number of amides is 1. The Morgan fingerprint density at radius 1 is 1.20 bits per heavy atom. The fourth-order valence-electron chi connectivity index (χ4n) is 4.28. The van der Waals surface area contributed by atoms with Crippen LogP contribution >= 0.6 is 0 Å². The van der Waals surface area contributed by atoms with E-state index in [1.165, 1.54) is 5.56 Å². The van der Waals surface area contributed by atoms with Crippen LogP contribution < -0.4 is 10.1 Å². The lowest BCUT2D eigenvalue weighted by molar-refractivity contribution is 0.0304. The Morgan fingerprint density at radius 3 is 2.67 bits per heavy atom. The van der Waals surface area contributed by atoms with Gasteiger partial charge < -0.3 is 24.7 Å². The molecule has 1 saturated heterocycles. The number of carbonyl (C=O) groups excluding carboxylic acids is 1. The second kappa shape index (κ2) is 9.32. The maximum absolute atomic E-state index is 13.2. The third-order valence-electron chi connectivity index (χ3n) is 5.84. The first kappa shape index (κ1) is 20.4. The summed E-state index contributed by atoms with van der Waals surface area (Å²) in [5.74, 6) is 1.01. The highest BCUT2D eigenvalue weighted by molar-refractivity contribution is 6.08. The van der Waals surface area contributed by atoms with Crippen LogP contribution in [0, 0.1) is 0 Å². The highest BCUT2D eigenvalue weighted by Gasteiger charge is 2.26. The molecule has 1 unspecified atom stereocenters. The van der Waals surface area contributed by atoms with Gasteiger partial charge in [-0.3, -0.25) is 4.79 Å². The van der Waals surface area contributed by atoms with Gasteiger partial charge in [0.25, 0.3) is 5.91 Å².